The normalized spacial score (nSPS) is 25.5. The van der Waals surface area contributed by atoms with Crippen LogP contribution >= 0.6 is 0 Å². The standard InChI is InChI=1S/C11H22N2O3S/c1-11(5-3-6-12-9-11)10(14)13-7-4-8-17(2,15)16/h12H,3-9H2,1-2H3,(H,13,14). The average molecular weight is 262 g/mol. The second-order valence-electron chi connectivity index (χ2n) is 5.08. The van der Waals surface area contributed by atoms with Crippen LogP contribution in [0, 0.1) is 5.41 Å². The molecule has 1 aliphatic heterocycles. The molecule has 0 aliphatic carbocycles. The maximum atomic E-state index is 11.9. The van der Waals surface area contributed by atoms with Crippen molar-refractivity contribution >= 4 is 15.7 Å². The van der Waals surface area contributed by atoms with Crippen LogP contribution in [-0.4, -0.2) is 46.0 Å². The van der Waals surface area contributed by atoms with Crippen LogP contribution in [0.25, 0.3) is 0 Å². The SMILES string of the molecule is CC1(C(=O)NCCCS(C)(=O)=O)CCCNC1. The van der Waals surface area contributed by atoms with Gasteiger partial charge in [-0.1, -0.05) is 0 Å². The molecule has 1 saturated heterocycles. The maximum absolute atomic E-state index is 11.9. The fourth-order valence-corrected chi connectivity index (χ4v) is 2.67. The monoisotopic (exact) mass is 262 g/mol. The average Bonchev–Trinajstić information content (AvgIpc) is 2.24. The van der Waals surface area contributed by atoms with Gasteiger partial charge in [-0.3, -0.25) is 4.79 Å². The van der Waals surface area contributed by atoms with E-state index in [1.807, 2.05) is 6.92 Å². The highest BCUT2D eigenvalue weighted by molar-refractivity contribution is 7.90. The molecule has 0 bridgehead atoms. The van der Waals surface area contributed by atoms with Gasteiger partial charge in [-0.15, -0.1) is 0 Å². The van der Waals surface area contributed by atoms with Crippen LogP contribution in [0.3, 0.4) is 0 Å². The smallest absolute Gasteiger partial charge is 0.227 e. The van der Waals surface area contributed by atoms with Crippen molar-refractivity contribution in [2.24, 2.45) is 5.41 Å². The van der Waals surface area contributed by atoms with Crippen LogP contribution in [0.5, 0.6) is 0 Å². The summed E-state index contributed by atoms with van der Waals surface area (Å²) in [5.41, 5.74) is -0.344. The van der Waals surface area contributed by atoms with Crippen LogP contribution in [-0.2, 0) is 14.6 Å². The fourth-order valence-electron chi connectivity index (χ4n) is 2.00. The summed E-state index contributed by atoms with van der Waals surface area (Å²) in [4.78, 5) is 11.9. The molecule has 0 aromatic rings. The number of hydrogen-bond acceptors (Lipinski definition) is 4. The number of piperidine rings is 1. The molecule has 17 heavy (non-hydrogen) atoms. The lowest BCUT2D eigenvalue weighted by Gasteiger charge is -2.32. The summed E-state index contributed by atoms with van der Waals surface area (Å²) in [5.74, 6) is 0.153. The van der Waals surface area contributed by atoms with Crippen LogP contribution in [0.15, 0.2) is 0 Å². The van der Waals surface area contributed by atoms with Gasteiger partial charge in [0.1, 0.15) is 9.84 Å². The Morgan fingerprint density at radius 3 is 2.71 bits per heavy atom. The van der Waals surface area contributed by atoms with Gasteiger partial charge in [-0.05, 0) is 32.7 Å². The predicted molar refractivity (Wildman–Crippen MR) is 67.5 cm³/mol. The van der Waals surface area contributed by atoms with Gasteiger partial charge in [0, 0.05) is 19.3 Å². The van der Waals surface area contributed by atoms with Gasteiger partial charge in [0.05, 0.1) is 11.2 Å². The van der Waals surface area contributed by atoms with Gasteiger partial charge in [0.25, 0.3) is 0 Å². The Hall–Kier alpha value is -0.620. The minimum absolute atomic E-state index is 0.0261. The Morgan fingerprint density at radius 1 is 1.47 bits per heavy atom. The molecule has 5 nitrogen and oxygen atoms in total. The Bertz CT molecular complexity index is 359. The number of carbonyl (C=O) groups is 1. The van der Waals surface area contributed by atoms with E-state index in [9.17, 15) is 13.2 Å². The van der Waals surface area contributed by atoms with Crippen molar-refractivity contribution in [1.82, 2.24) is 10.6 Å². The third kappa shape index (κ3) is 5.04. The lowest BCUT2D eigenvalue weighted by molar-refractivity contribution is -0.131. The molecule has 0 radical (unpaired) electrons. The van der Waals surface area contributed by atoms with Gasteiger partial charge in [0.2, 0.25) is 5.91 Å². The molecule has 0 aromatic heterocycles. The van der Waals surface area contributed by atoms with Crippen LogP contribution in [0.2, 0.25) is 0 Å². The molecule has 1 rings (SSSR count). The molecule has 0 aromatic carbocycles. The third-order valence-corrected chi connectivity index (χ3v) is 4.15. The van der Waals surface area contributed by atoms with Crippen molar-refractivity contribution in [3.05, 3.63) is 0 Å². The quantitative estimate of drug-likeness (QED) is 0.680. The summed E-state index contributed by atoms with van der Waals surface area (Å²) >= 11 is 0. The Kier molecular flexibility index (Phi) is 4.94. The number of hydrogen-bond donors (Lipinski definition) is 2. The van der Waals surface area contributed by atoms with E-state index < -0.39 is 9.84 Å². The highest BCUT2D eigenvalue weighted by atomic mass is 32.2. The second kappa shape index (κ2) is 5.82. The first-order valence-electron chi connectivity index (χ1n) is 6.00. The lowest BCUT2D eigenvalue weighted by atomic mass is 9.82. The van der Waals surface area contributed by atoms with Crippen molar-refractivity contribution in [2.75, 3.05) is 31.6 Å². The Balaban J connectivity index is 2.29. The zero-order valence-corrected chi connectivity index (χ0v) is 11.4. The van der Waals surface area contributed by atoms with Gasteiger partial charge < -0.3 is 10.6 Å². The van der Waals surface area contributed by atoms with E-state index in [4.69, 9.17) is 0 Å². The van der Waals surface area contributed by atoms with E-state index in [2.05, 4.69) is 10.6 Å². The first kappa shape index (κ1) is 14.4. The molecule has 1 unspecified atom stereocenters. The summed E-state index contributed by atoms with van der Waals surface area (Å²) in [6.07, 6.45) is 3.58. The van der Waals surface area contributed by atoms with Crippen molar-refractivity contribution in [3.8, 4) is 0 Å². The summed E-state index contributed by atoms with van der Waals surface area (Å²) in [7, 11) is -2.93. The van der Waals surface area contributed by atoms with Gasteiger partial charge >= 0.3 is 0 Å². The van der Waals surface area contributed by atoms with E-state index in [-0.39, 0.29) is 17.1 Å². The fraction of sp³-hybridized carbons (Fsp3) is 0.909. The molecule has 1 aliphatic rings. The molecular weight excluding hydrogens is 240 g/mol. The van der Waals surface area contributed by atoms with Crippen molar-refractivity contribution in [2.45, 2.75) is 26.2 Å². The van der Waals surface area contributed by atoms with E-state index in [1.54, 1.807) is 0 Å². The summed E-state index contributed by atoms with van der Waals surface area (Å²) in [6, 6.07) is 0. The first-order chi connectivity index (χ1) is 7.83. The second-order valence-corrected chi connectivity index (χ2v) is 7.34. The van der Waals surface area contributed by atoms with Crippen molar-refractivity contribution < 1.29 is 13.2 Å². The number of sulfone groups is 1. The molecule has 1 heterocycles. The molecule has 100 valence electrons. The minimum atomic E-state index is -2.93. The predicted octanol–water partition coefficient (Wildman–Crippen LogP) is -0.0730. The molecule has 6 heteroatoms. The minimum Gasteiger partial charge on any atom is -0.356 e. The number of nitrogens with one attached hydrogen (secondary N) is 2. The van der Waals surface area contributed by atoms with E-state index in [0.717, 1.165) is 19.4 Å². The summed E-state index contributed by atoms with van der Waals surface area (Å²) in [6.45, 7) is 4.05. The molecule has 0 saturated carbocycles. The van der Waals surface area contributed by atoms with Gasteiger partial charge in [-0.25, -0.2) is 8.42 Å². The van der Waals surface area contributed by atoms with E-state index in [1.165, 1.54) is 6.26 Å². The number of amides is 1. The molecule has 2 N–H and O–H groups in total. The van der Waals surface area contributed by atoms with Gasteiger partial charge in [-0.2, -0.15) is 0 Å². The van der Waals surface area contributed by atoms with E-state index >= 15 is 0 Å². The van der Waals surface area contributed by atoms with Crippen LogP contribution in [0.4, 0.5) is 0 Å². The molecule has 0 spiro atoms. The lowest BCUT2D eigenvalue weighted by Crippen LogP contribution is -2.48. The van der Waals surface area contributed by atoms with Crippen LogP contribution in [0.1, 0.15) is 26.2 Å². The van der Waals surface area contributed by atoms with Crippen molar-refractivity contribution in [1.29, 1.82) is 0 Å². The highest BCUT2D eigenvalue weighted by Crippen LogP contribution is 2.25. The van der Waals surface area contributed by atoms with Gasteiger partial charge in [0.15, 0.2) is 0 Å². The summed E-state index contributed by atoms with van der Waals surface area (Å²) < 4.78 is 21.8. The van der Waals surface area contributed by atoms with Crippen LogP contribution < -0.4 is 10.6 Å². The zero-order chi connectivity index (χ0) is 12.9. The van der Waals surface area contributed by atoms with Crippen molar-refractivity contribution in [3.63, 3.8) is 0 Å². The molecular formula is C11H22N2O3S. The highest BCUT2D eigenvalue weighted by Gasteiger charge is 2.34. The Morgan fingerprint density at radius 2 is 2.18 bits per heavy atom. The van der Waals surface area contributed by atoms with E-state index in [0.29, 0.717) is 19.5 Å². The number of rotatable bonds is 5. The molecule has 1 atom stereocenters. The Labute approximate surface area is 103 Å². The summed E-state index contributed by atoms with van der Waals surface area (Å²) in [5, 5.41) is 6.04. The molecule has 1 fully saturated rings. The first-order valence-corrected chi connectivity index (χ1v) is 8.06. The zero-order valence-electron chi connectivity index (χ0n) is 10.6. The topological polar surface area (TPSA) is 75.3 Å². The number of carbonyl (C=O) groups excluding carboxylic acids is 1. The third-order valence-electron chi connectivity index (χ3n) is 3.12. The maximum Gasteiger partial charge on any atom is 0.227 e. The molecule has 1 amide bonds. The largest absolute Gasteiger partial charge is 0.356 e.